The minimum Gasteiger partial charge on any atom is -0.457 e. The number of hydrazine groups is 1. The van der Waals surface area contributed by atoms with Crippen LogP contribution < -0.4 is 16.0 Å². The lowest BCUT2D eigenvalue weighted by Gasteiger charge is -2.08. The van der Waals surface area contributed by atoms with E-state index in [-0.39, 0.29) is 0 Å². The summed E-state index contributed by atoms with van der Waals surface area (Å²) in [6.45, 7) is 4.16. The number of aryl methyl sites for hydroxylation is 2. The Morgan fingerprint density at radius 3 is 2.12 bits per heavy atom. The SMILES string of the molecule is Cc1ccc(Oc2ccc(NN)cc2)cc1C. The maximum Gasteiger partial charge on any atom is 0.127 e. The van der Waals surface area contributed by atoms with E-state index in [0.29, 0.717) is 0 Å². The van der Waals surface area contributed by atoms with Gasteiger partial charge in [-0.2, -0.15) is 0 Å². The van der Waals surface area contributed by atoms with Gasteiger partial charge >= 0.3 is 0 Å². The first-order valence-electron chi connectivity index (χ1n) is 5.51. The van der Waals surface area contributed by atoms with Crippen LogP contribution in [0, 0.1) is 13.8 Å². The number of anilines is 1. The number of ether oxygens (including phenoxy) is 1. The molecule has 0 fully saturated rings. The average Bonchev–Trinajstić information content (AvgIpc) is 2.35. The van der Waals surface area contributed by atoms with Crippen molar-refractivity contribution in [2.75, 3.05) is 5.43 Å². The van der Waals surface area contributed by atoms with Crippen molar-refractivity contribution in [3.8, 4) is 11.5 Å². The van der Waals surface area contributed by atoms with Crippen LogP contribution in [0.5, 0.6) is 11.5 Å². The van der Waals surface area contributed by atoms with Crippen molar-refractivity contribution in [1.29, 1.82) is 0 Å². The van der Waals surface area contributed by atoms with Crippen LogP contribution in [0.3, 0.4) is 0 Å². The van der Waals surface area contributed by atoms with Gasteiger partial charge in [0.1, 0.15) is 11.5 Å². The largest absolute Gasteiger partial charge is 0.457 e. The lowest BCUT2D eigenvalue weighted by molar-refractivity contribution is 0.482. The predicted octanol–water partition coefficient (Wildman–Crippen LogP) is 3.38. The van der Waals surface area contributed by atoms with E-state index >= 15 is 0 Å². The normalized spacial score (nSPS) is 10.1. The van der Waals surface area contributed by atoms with Crippen LogP contribution in [0.4, 0.5) is 5.69 Å². The third-order valence-electron chi connectivity index (χ3n) is 2.74. The summed E-state index contributed by atoms with van der Waals surface area (Å²) in [5.41, 5.74) is 5.93. The van der Waals surface area contributed by atoms with E-state index < -0.39 is 0 Å². The summed E-state index contributed by atoms with van der Waals surface area (Å²) in [7, 11) is 0. The first-order chi connectivity index (χ1) is 8.19. The van der Waals surface area contributed by atoms with Gasteiger partial charge in [-0.3, -0.25) is 5.84 Å². The Morgan fingerprint density at radius 2 is 1.53 bits per heavy atom. The quantitative estimate of drug-likeness (QED) is 0.625. The molecule has 0 unspecified atom stereocenters. The second-order valence-electron chi connectivity index (χ2n) is 4.02. The zero-order chi connectivity index (χ0) is 12.3. The summed E-state index contributed by atoms with van der Waals surface area (Å²) in [6, 6.07) is 13.6. The van der Waals surface area contributed by atoms with Gasteiger partial charge < -0.3 is 10.2 Å². The fourth-order valence-corrected chi connectivity index (χ4v) is 1.53. The molecule has 0 saturated carbocycles. The summed E-state index contributed by atoms with van der Waals surface area (Å²) in [6.07, 6.45) is 0. The Bertz CT molecular complexity index is 506. The molecule has 0 spiro atoms. The monoisotopic (exact) mass is 228 g/mol. The Morgan fingerprint density at radius 1 is 0.882 bits per heavy atom. The van der Waals surface area contributed by atoms with Crippen molar-refractivity contribution in [2.24, 2.45) is 5.84 Å². The van der Waals surface area contributed by atoms with E-state index in [9.17, 15) is 0 Å². The molecule has 0 aliphatic rings. The number of nitrogens with two attached hydrogens (primary N) is 1. The van der Waals surface area contributed by atoms with E-state index in [4.69, 9.17) is 10.6 Å². The standard InChI is InChI=1S/C14H16N2O/c1-10-3-6-14(9-11(10)2)17-13-7-4-12(16-15)5-8-13/h3-9,16H,15H2,1-2H3. The van der Waals surface area contributed by atoms with Crippen molar-refractivity contribution in [2.45, 2.75) is 13.8 Å². The highest BCUT2D eigenvalue weighted by Crippen LogP contribution is 2.24. The van der Waals surface area contributed by atoms with Crippen LogP contribution in [0.2, 0.25) is 0 Å². The van der Waals surface area contributed by atoms with E-state index in [2.05, 4.69) is 25.3 Å². The molecule has 0 saturated heterocycles. The predicted molar refractivity (Wildman–Crippen MR) is 70.2 cm³/mol. The lowest BCUT2D eigenvalue weighted by Crippen LogP contribution is -2.05. The van der Waals surface area contributed by atoms with E-state index in [1.165, 1.54) is 11.1 Å². The number of nitrogens with one attached hydrogen (secondary N) is 1. The van der Waals surface area contributed by atoms with Gasteiger partial charge in [0.15, 0.2) is 0 Å². The highest BCUT2D eigenvalue weighted by molar-refractivity contribution is 5.46. The Balaban J connectivity index is 2.16. The molecule has 88 valence electrons. The minimum atomic E-state index is 0.798. The van der Waals surface area contributed by atoms with Gasteiger partial charge in [0.25, 0.3) is 0 Å². The van der Waals surface area contributed by atoms with Gasteiger partial charge in [0.05, 0.1) is 0 Å². The molecule has 2 aromatic carbocycles. The number of nitrogen functional groups attached to an aromatic ring is 1. The molecule has 3 nitrogen and oxygen atoms in total. The smallest absolute Gasteiger partial charge is 0.127 e. The Kier molecular flexibility index (Phi) is 3.30. The number of hydrogen-bond donors (Lipinski definition) is 2. The van der Waals surface area contributed by atoms with Crippen molar-refractivity contribution in [3.63, 3.8) is 0 Å². The number of benzene rings is 2. The second kappa shape index (κ2) is 4.89. The van der Waals surface area contributed by atoms with Crippen molar-refractivity contribution < 1.29 is 4.74 Å². The highest BCUT2D eigenvalue weighted by Gasteiger charge is 1.99. The maximum atomic E-state index is 5.75. The van der Waals surface area contributed by atoms with E-state index in [0.717, 1.165) is 17.2 Å². The molecule has 3 heteroatoms. The zero-order valence-electron chi connectivity index (χ0n) is 10.0. The highest BCUT2D eigenvalue weighted by atomic mass is 16.5. The van der Waals surface area contributed by atoms with Crippen LogP contribution in [0.1, 0.15) is 11.1 Å². The van der Waals surface area contributed by atoms with Crippen molar-refractivity contribution >= 4 is 5.69 Å². The molecule has 0 radical (unpaired) electrons. The van der Waals surface area contributed by atoms with E-state index in [1.54, 1.807) is 0 Å². The fraction of sp³-hybridized carbons (Fsp3) is 0.143. The molecule has 0 bridgehead atoms. The van der Waals surface area contributed by atoms with E-state index in [1.807, 2.05) is 36.4 Å². The summed E-state index contributed by atoms with van der Waals surface area (Å²) in [5, 5.41) is 0. The Labute approximate surface area is 101 Å². The maximum absolute atomic E-state index is 5.75. The van der Waals surface area contributed by atoms with Crippen LogP contribution >= 0.6 is 0 Å². The summed E-state index contributed by atoms with van der Waals surface area (Å²) >= 11 is 0. The molecule has 0 aliphatic carbocycles. The molecule has 0 heterocycles. The van der Waals surface area contributed by atoms with Crippen LogP contribution in [-0.2, 0) is 0 Å². The molecule has 3 N–H and O–H groups in total. The van der Waals surface area contributed by atoms with Crippen molar-refractivity contribution in [1.82, 2.24) is 0 Å². The topological polar surface area (TPSA) is 47.3 Å². The molecule has 0 amide bonds. The van der Waals surface area contributed by atoms with Crippen LogP contribution in [-0.4, -0.2) is 0 Å². The molecular formula is C14H16N2O. The second-order valence-corrected chi connectivity index (χ2v) is 4.02. The van der Waals surface area contributed by atoms with Gasteiger partial charge in [0, 0.05) is 5.69 Å². The molecule has 17 heavy (non-hydrogen) atoms. The van der Waals surface area contributed by atoms with Crippen LogP contribution in [0.15, 0.2) is 42.5 Å². The molecule has 2 aromatic rings. The van der Waals surface area contributed by atoms with Gasteiger partial charge in [-0.15, -0.1) is 0 Å². The molecular weight excluding hydrogens is 212 g/mol. The lowest BCUT2D eigenvalue weighted by atomic mass is 10.1. The molecule has 0 aromatic heterocycles. The molecule has 2 rings (SSSR count). The molecule has 0 aliphatic heterocycles. The fourth-order valence-electron chi connectivity index (χ4n) is 1.53. The third kappa shape index (κ3) is 2.77. The summed E-state index contributed by atoms with van der Waals surface area (Å²) < 4.78 is 5.75. The number of hydrogen-bond acceptors (Lipinski definition) is 3. The first kappa shape index (κ1) is 11.5. The zero-order valence-corrected chi connectivity index (χ0v) is 10.0. The number of rotatable bonds is 3. The first-order valence-corrected chi connectivity index (χ1v) is 5.51. The van der Waals surface area contributed by atoms with Gasteiger partial charge in [0.2, 0.25) is 0 Å². The summed E-state index contributed by atoms with van der Waals surface area (Å²) in [5.74, 6) is 6.95. The van der Waals surface area contributed by atoms with Gasteiger partial charge in [-0.25, -0.2) is 0 Å². The van der Waals surface area contributed by atoms with Crippen LogP contribution in [0.25, 0.3) is 0 Å². The van der Waals surface area contributed by atoms with Crippen molar-refractivity contribution in [3.05, 3.63) is 53.6 Å². The Hall–Kier alpha value is -2.00. The average molecular weight is 228 g/mol. The van der Waals surface area contributed by atoms with Gasteiger partial charge in [-0.05, 0) is 61.4 Å². The summed E-state index contributed by atoms with van der Waals surface area (Å²) in [4.78, 5) is 0. The third-order valence-corrected chi connectivity index (χ3v) is 2.74. The molecule has 0 atom stereocenters. The van der Waals surface area contributed by atoms with Gasteiger partial charge in [-0.1, -0.05) is 6.07 Å². The minimum absolute atomic E-state index is 0.798.